The van der Waals surface area contributed by atoms with E-state index < -0.39 is 0 Å². The van der Waals surface area contributed by atoms with Gasteiger partial charge in [-0.3, -0.25) is 4.79 Å². The number of benzene rings is 1. The standard InChI is InChI=1S/C18H17ClN2O2S2/c1-21(10-12-8-13(19)5-6-15(12)23-2)17(22)9-14-11-25-18(20-14)16-4-3-7-24-16/h3-8,11H,9-10H2,1-2H3. The van der Waals surface area contributed by atoms with Crippen LogP contribution in [-0.2, 0) is 17.8 Å². The minimum Gasteiger partial charge on any atom is -0.496 e. The molecular weight excluding hydrogens is 376 g/mol. The van der Waals surface area contributed by atoms with E-state index in [0.717, 1.165) is 26.9 Å². The molecule has 0 fully saturated rings. The molecule has 0 saturated heterocycles. The number of likely N-dealkylation sites (N-methyl/N-ethyl adjacent to an activating group) is 1. The lowest BCUT2D eigenvalue weighted by molar-refractivity contribution is -0.129. The van der Waals surface area contributed by atoms with E-state index in [2.05, 4.69) is 4.98 Å². The quantitative estimate of drug-likeness (QED) is 0.608. The number of carbonyl (C=O) groups is 1. The Morgan fingerprint density at radius 1 is 1.32 bits per heavy atom. The summed E-state index contributed by atoms with van der Waals surface area (Å²) in [5, 5.41) is 5.54. The normalized spacial score (nSPS) is 10.7. The minimum atomic E-state index is 0.00468. The van der Waals surface area contributed by atoms with Crippen molar-refractivity contribution in [3.8, 4) is 15.6 Å². The van der Waals surface area contributed by atoms with E-state index in [4.69, 9.17) is 16.3 Å². The molecule has 0 spiro atoms. The molecule has 3 rings (SSSR count). The van der Waals surface area contributed by atoms with Gasteiger partial charge < -0.3 is 9.64 Å². The van der Waals surface area contributed by atoms with Gasteiger partial charge in [0.05, 0.1) is 24.1 Å². The van der Waals surface area contributed by atoms with Crippen molar-refractivity contribution < 1.29 is 9.53 Å². The molecular formula is C18H17ClN2O2S2. The number of amides is 1. The third-order valence-corrected chi connectivity index (χ3v) is 5.86. The fourth-order valence-electron chi connectivity index (χ4n) is 2.41. The number of thiazole rings is 1. The minimum absolute atomic E-state index is 0.00468. The molecule has 0 aliphatic heterocycles. The van der Waals surface area contributed by atoms with Crippen LogP contribution < -0.4 is 4.74 Å². The van der Waals surface area contributed by atoms with Crippen LogP contribution in [0.2, 0.25) is 5.02 Å². The third-order valence-electron chi connectivity index (χ3n) is 3.69. The predicted molar refractivity (Wildman–Crippen MR) is 104 cm³/mol. The Balaban J connectivity index is 1.66. The maximum atomic E-state index is 12.5. The van der Waals surface area contributed by atoms with E-state index in [1.165, 1.54) is 0 Å². The van der Waals surface area contributed by atoms with Crippen molar-refractivity contribution in [2.24, 2.45) is 0 Å². The summed E-state index contributed by atoms with van der Waals surface area (Å²) in [6.07, 6.45) is 0.279. The second-order valence-electron chi connectivity index (χ2n) is 5.50. The molecule has 1 amide bonds. The van der Waals surface area contributed by atoms with Crippen LogP contribution in [0.15, 0.2) is 41.1 Å². The zero-order valence-electron chi connectivity index (χ0n) is 13.9. The number of hydrogen-bond donors (Lipinski definition) is 0. The molecule has 0 N–H and O–H groups in total. The van der Waals surface area contributed by atoms with E-state index in [0.29, 0.717) is 11.6 Å². The van der Waals surface area contributed by atoms with Crippen molar-refractivity contribution in [1.29, 1.82) is 0 Å². The van der Waals surface area contributed by atoms with Crippen molar-refractivity contribution in [3.63, 3.8) is 0 Å². The van der Waals surface area contributed by atoms with Crippen LogP contribution in [0.25, 0.3) is 9.88 Å². The number of aromatic nitrogens is 1. The van der Waals surface area contributed by atoms with E-state index >= 15 is 0 Å². The summed E-state index contributed by atoms with van der Waals surface area (Å²) in [7, 11) is 3.38. The van der Waals surface area contributed by atoms with Crippen LogP contribution in [0.4, 0.5) is 0 Å². The van der Waals surface area contributed by atoms with Gasteiger partial charge in [0.25, 0.3) is 0 Å². The number of methoxy groups -OCH3 is 1. The molecule has 3 aromatic rings. The smallest absolute Gasteiger partial charge is 0.228 e. The molecule has 2 heterocycles. The number of hydrogen-bond acceptors (Lipinski definition) is 5. The molecule has 130 valence electrons. The molecule has 0 aliphatic rings. The van der Waals surface area contributed by atoms with Crippen molar-refractivity contribution >= 4 is 40.2 Å². The van der Waals surface area contributed by atoms with Crippen LogP contribution in [0.5, 0.6) is 5.75 Å². The second-order valence-corrected chi connectivity index (χ2v) is 7.75. The fourth-order valence-corrected chi connectivity index (χ4v) is 4.23. The lowest BCUT2D eigenvalue weighted by Crippen LogP contribution is -2.28. The highest BCUT2D eigenvalue weighted by molar-refractivity contribution is 7.20. The molecule has 0 unspecified atom stereocenters. The molecule has 1 aromatic carbocycles. The molecule has 7 heteroatoms. The average Bonchev–Trinajstić information content (AvgIpc) is 3.26. The van der Waals surface area contributed by atoms with Crippen molar-refractivity contribution in [2.45, 2.75) is 13.0 Å². The number of carbonyl (C=O) groups excluding carboxylic acids is 1. The Bertz CT molecular complexity index is 862. The monoisotopic (exact) mass is 392 g/mol. The van der Waals surface area contributed by atoms with Gasteiger partial charge in [-0.25, -0.2) is 4.98 Å². The van der Waals surface area contributed by atoms with Gasteiger partial charge in [-0.05, 0) is 29.6 Å². The van der Waals surface area contributed by atoms with Gasteiger partial charge in [0, 0.05) is 29.6 Å². The molecule has 4 nitrogen and oxygen atoms in total. The maximum absolute atomic E-state index is 12.5. The lowest BCUT2D eigenvalue weighted by Gasteiger charge is -2.18. The number of nitrogens with zero attached hydrogens (tertiary/aromatic N) is 2. The first kappa shape index (κ1) is 17.9. The SMILES string of the molecule is COc1ccc(Cl)cc1CN(C)C(=O)Cc1csc(-c2cccs2)n1. The van der Waals surface area contributed by atoms with Crippen LogP contribution in [0.1, 0.15) is 11.3 Å². The van der Waals surface area contributed by atoms with E-state index in [1.54, 1.807) is 47.8 Å². The first-order valence-corrected chi connectivity index (χ1v) is 9.75. The average molecular weight is 393 g/mol. The largest absolute Gasteiger partial charge is 0.496 e. The summed E-state index contributed by atoms with van der Waals surface area (Å²) in [6, 6.07) is 9.43. The molecule has 25 heavy (non-hydrogen) atoms. The Kier molecular flexibility index (Phi) is 5.73. The summed E-state index contributed by atoms with van der Waals surface area (Å²) in [6.45, 7) is 0.435. The number of thiophene rings is 1. The Morgan fingerprint density at radius 2 is 2.16 bits per heavy atom. The van der Waals surface area contributed by atoms with E-state index in [-0.39, 0.29) is 12.3 Å². The number of rotatable bonds is 6. The summed E-state index contributed by atoms with van der Waals surface area (Å²) < 4.78 is 5.34. The van der Waals surface area contributed by atoms with Crippen LogP contribution in [0, 0.1) is 0 Å². The maximum Gasteiger partial charge on any atom is 0.228 e. The molecule has 0 bridgehead atoms. The molecule has 2 aromatic heterocycles. The van der Waals surface area contributed by atoms with Crippen LogP contribution in [-0.4, -0.2) is 29.9 Å². The summed E-state index contributed by atoms with van der Waals surface area (Å²) in [4.78, 5) is 19.9. The van der Waals surface area contributed by atoms with E-state index in [9.17, 15) is 4.79 Å². The molecule has 0 radical (unpaired) electrons. The van der Waals surface area contributed by atoms with Gasteiger partial charge in [-0.15, -0.1) is 22.7 Å². The van der Waals surface area contributed by atoms with E-state index in [1.807, 2.05) is 35.0 Å². The topological polar surface area (TPSA) is 42.4 Å². The van der Waals surface area contributed by atoms with Gasteiger partial charge in [-0.2, -0.15) is 0 Å². The van der Waals surface area contributed by atoms with Crippen LogP contribution >= 0.6 is 34.3 Å². The molecule has 0 atom stereocenters. The second kappa shape index (κ2) is 7.99. The summed E-state index contributed by atoms with van der Waals surface area (Å²) in [5.41, 5.74) is 1.67. The Labute approximate surface area is 159 Å². The highest BCUT2D eigenvalue weighted by Crippen LogP contribution is 2.28. The summed E-state index contributed by atoms with van der Waals surface area (Å²) >= 11 is 9.26. The first-order chi connectivity index (χ1) is 12.1. The van der Waals surface area contributed by atoms with Crippen LogP contribution in [0.3, 0.4) is 0 Å². The van der Waals surface area contributed by atoms with Gasteiger partial charge >= 0.3 is 0 Å². The zero-order chi connectivity index (χ0) is 17.8. The van der Waals surface area contributed by atoms with Gasteiger partial charge in [0.15, 0.2) is 0 Å². The lowest BCUT2D eigenvalue weighted by atomic mass is 10.2. The molecule has 0 saturated carbocycles. The number of halogens is 1. The zero-order valence-corrected chi connectivity index (χ0v) is 16.2. The number of ether oxygens (including phenoxy) is 1. The first-order valence-electron chi connectivity index (χ1n) is 7.61. The molecule has 0 aliphatic carbocycles. The van der Waals surface area contributed by atoms with Gasteiger partial charge in [0.2, 0.25) is 5.91 Å². The predicted octanol–water partition coefficient (Wildman–Crippen LogP) is 4.73. The summed E-state index contributed by atoms with van der Waals surface area (Å²) in [5.74, 6) is 0.725. The fraction of sp³-hybridized carbons (Fsp3) is 0.222. The van der Waals surface area contributed by atoms with Gasteiger partial charge in [0.1, 0.15) is 10.8 Å². The van der Waals surface area contributed by atoms with Crippen molar-refractivity contribution in [1.82, 2.24) is 9.88 Å². The Hall–Kier alpha value is -1.89. The van der Waals surface area contributed by atoms with Gasteiger partial charge in [-0.1, -0.05) is 17.7 Å². The third kappa shape index (κ3) is 4.39. The highest BCUT2D eigenvalue weighted by Gasteiger charge is 2.15. The van der Waals surface area contributed by atoms with Crippen molar-refractivity contribution in [3.05, 3.63) is 57.4 Å². The van der Waals surface area contributed by atoms with Crippen molar-refractivity contribution in [2.75, 3.05) is 14.2 Å². The highest BCUT2D eigenvalue weighted by atomic mass is 35.5. The Morgan fingerprint density at radius 3 is 2.88 bits per heavy atom.